The number of benzene rings is 1. The Kier molecular flexibility index (Phi) is 4.70. The normalized spacial score (nSPS) is 19.1. The Hall–Kier alpha value is -2.30. The van der Waals surface area contributed by atoms with Crippen LogP contribution < -0.4 is 5.32 Å². The molecule has 4 rings (SSSR count). The maximum absolute atomic E-state index is 4.54. The van der Waals surface area contributed by atoms with Gasteiger partial charge in [0.05, 0.1) is 18.4 Å². The van der Waals surface area contributed by atoms with Crippen LogP contribution in [0.5, 0.6) is 0 Å². The van der Waals surface area contributed by atoms with Crippen molar-refractivity contribution in [1.29, 1.82) is 0 Å². The van der Waals surface area contributed by atoms with Crippen molar-refractivity contribution < 1.29 is 0 Å². The Balaban J connectivity index is 1.36. The highest BCUT2D eigenvalue weighted by Gasteiger charge is 2.48. The van der Waals surface area contributed by atoms with E-state index in [0.717, 1.165) is 35.5 Å². The van der Waals surface area contributed by atoms with E-state index in [-0.39, 0.29) is 0 Å². The molecule has 2 fully saturated rings. The van der Waals surface area contributed by atoms with E-state index < -0.39 is 0 Å². The molecule has 26 heavy (non-hydrogen) atoms. The Morgan fingerprint density at radius 2 is 2.08 bits per heavy atom. The first-order chi connectivity index (χ1) is 12.7. The van der Waals surface area contributed by atoms with Crippen molar-refractivity contribution >= 4 is 5.96 Å². The number of aromatic amines is 1. The van der Waals surface area contributed by atoms with Gasteiger partial charge < -0.3 is 15.2 Å². The van der Waals surface area contributed by atoms with Gasteiger partial charge >= 0.3 is 0 Å². The summed E-state index contributed by atoms with van der Waals surface area (Å²) in [5, 5.41) is 3.63. The van der Waals surface area contributed by atoms with Crippen LogP contribution >= 0.6 is 0 Å². The van der Waals surface area contributed by atoms with Gasteiger partial charge in [-0.15, -0.1) is 0 Å². The number of imidazole rings is 1. The van der Waals surface area contributed by atoms with Crippen molar-refractivity contribution in [3.05, 3.63) is 42.4 Å². The minimum atomic E-state index is 0.544. The average Bonchev–Trinajstić information content (AvgIpc) is 3.37. The lowest BCUT2D eigenvalue weighted by molar-refractivity contribution is 0.105. The summed E-state index contributed by atoms with van der Waals surface area (Å²) in [6.07, 6.45) is 8.90. The molecule has 0 bridgehead atoms. The van der Waals surface area contributed by atoms with Crippen molar-refractivity contribution in [2.45, 2.75) is 38.6 Å². The first-order valence-electron chi connectivity index (χ1n) is 9.71. The molecule has 2 saturated carbocycles. The maximum Gasteiger partial charge on any atom is 0.193 e. The summed E-state index contributed by atoms with van der Waals surface area (Å²) in [5.74, 6) is 2.86. The maximum atomic E-state index is 4.54. The highest BCUT2D eigenvalue weighted by Crippen LogP contribution is 2.56. The van der Waals surface area contributed by atoms with Crippen LogP contribution in [-0.4, -0.2) is 41.5 Å². The summed E-state index contributed by atoms with van der Waals surface area (Å²) < 4.78 is 0. The van der Waals surface area contributed by atoms with E-state index in [0.29, 0.717) is 12.0 Å². The molecule has 0 amide bonds. The fraction of sp³-hybridized carbons (Fsp3) is 0.524. The lowest BCUT2D eigenvalue weighted by Crippen LogP contribution is -2.47. The molecule has 1 aromatic carbocycles. The number of hydrogen-bond acceptors (Lipinski definition) is 2. The van der Waals surface area contributed by atoms with E-state index in [1.54, 1.807) is 0 Å². The number of nitrogens with zero attached hydrogens (tertiary/aromatic N) is 3. The molecule has 0 saturated heterocycles. The minimum Gasteiger partial charge on any atom is -0.356 e. The van der Waals surface area contributed by atoms with Crippen LogP contribution in [0.15, 0.2) is 41.5 Å². The molecule has 5 heteroatoms. The lowest BCUT2D eigenvalue weighted by Gasteiger charge is -2.43. The lowest BCUT2D eigenvalue weighted by atomic mass is 9.65. The zero-order valence-electron chi connectivity index (χ0n) is 15.8. The molecule has 0 unspecified atom stereocenters. The van der Waals surface area contributed by atoms with Gasteiger partial charge in [-0.1, -0.05) is 36.8 Å². The van der Waals surface area contributed by atoms with Crippen LogP contribution in [0, 0.1) is 11.3 Å². The fourth-order valence-corrected chi connectivity index (χ4v) is 4.20. The second kappa shape index (κ2) is 7.14. The van der Waals surface area contributed by atoms with Crippen LogP contribution in [0.4, 0.5) is 0 Å². The van der Waals surface area contributed by atoms with Crippen molar-refractivity contribution in [2.24, 2.45) is 16.3 Å². The molecular formula is C21H29N5. The molecule has 5 nitrogen and oxygen atoms in total. The molecule has 2 N–H and O–H groups in total. The summed E-state index contributed by atoms with van der Waals surface area (Å²) in [7, 11) is 3.94. The summed E-state index contributed by atoms with van der Waals surface area (Å²) in [4.78, 5) is 14.6. The second-order valence-electron chi connectivity index (χ2n) is 7.86. The molecule has 138 valence electrons. The van der Waals surface area contributed by atoms with E-state index in [4.69, 9.17) is 0 Å². The zero-order valence-corrected chi connectivity index (χ0v) is 15.8. The topological polar surface area (TPSA) is 56.3 Å². The van der Waals surface area contributed by atoms with Gasteiger partial charge in [0, 0.05) is 20.6 Å². The molecule has 0 atom stereocenters. The zero-order chi connectivity index (χ0) is 18.0. The molecular weight excluding hydrogens is 322 g/mol. The molecule has 0 aliphatic heterocycles. The van der Waals surface area contributed by atoms with Crippen LogP contribution in [-0.2, 0) is 6.54 Å². The molecule has 2 aliphatic carbocycles. The van der Waals surface area contributed by atoms with Crippen LogP contribution in [0.3, 0.4) is 0 Å². The monoisotopic (exact) mass is 351 g/mol. The number of nitrogens with one attached hydrogen (secondary N) is 2. The largest absolute Gasteiger partial charge is 0.356 e. The molecule has 1 aromatic heterocycles. The van der Waals surface area contributed by atoms with Crippen molar-refractivity contribution in [3.8, 4) is 11.3 Å². The quantitative estimate of drug-likeness (QED) is 0.617. The summed E-state index contributed by atoms with van der Waals surface area (Å²) in [5.41, 5.74) is 2.76. The Morgan fingerprint density at radius 3 is 2.69 bits per heavy atom. The van der Waals surface area contributed by atoms with Gasteiger partial charge in [0.1, 0.15) is 5.82 Å². The Morgan fingerprint density at radius 1 is 1.31 bits per heavy atom. The molecule has 1 heterocycles. The van der Waals surface area contributed by atoms with Crippen molar-refractivity contribution in [3.63, 3.8) is 0 Å². The summed E-state index contributed by atoms with van der Waals surface area (Å²) in [6, 6.07) is 10.3. The molecule has 2 aliphatic rings. The first-order valence-corrected chi connectivity index (χ1v) is 9.71. The summed E-state index contributed by atoms with van der Waals surface area (Å²) >= 11 is 0. The smallest absolute Gasteiger partial charge is 0.193 e. The SMILES string of the molecule is CN=C(NCC1(C2CC2)CCC1)N(C)Cc1ncc(-c2ccccc2)[nH]1. The third-order valence-electron chi connectivity index (χ3n) is 6.06. The van der Waals surface area contributed by atoms with E-state index in [1.165, 1.54) is 32.1 Å². The molecule has 0 radical (unpaired) electrons. The highest BCUT2D eigenvalue weighted by atomic mass is 15.3. The Labute approximate surface area is 155 Å². The number of hydrogen-bond donors (Lipinski definition) is 2. The number of aromatic nitrogens is 2. The molecule has 0 spiro atoms. The third-order valence-corrected chi connectivity index (χ3v) is 6.06. The first kappa shape index (κ1) is 17.1. The third kappa shape index (κ3) is 3.48. The van der Waals surface area contributed by atoms with E-state index in [9.17, 15) is 0 Å². The van der Waals surface area contributed by atoms with Crippen LogP contribution in [0.1, 0.15) is 37.9 Å². The number of rotatable bonds is 6. The molecule has 2 aromatic rings. The number of H-pyrrole nitrogens is 1. The van der Waals surface area contributed by atoms with Gasteiger partial charge in [-0.25, -0.2) is 4.98 Å². The average molecular weight is 351 g/mol. The standard InChI is InChI=1S/C21H29N5/c1-22-20(24-15-21(11-6-12-21)17-9-10-17)26(2)14-19-23-13-18(25-19)16-7-4-3-5-8-16/h3-5,7-8,13,17H,6,9-12,14-15H2,1-2H3,(H,22,24)(H,23,25). The van der Waals surface area contributed by atoms with E-state index in [1.807, 2.05) is 31.4 Å². The van der Waals surface area contributed by atoms with Gasteiger partial charge in [0.2, 0.25) is 0 Å². The number of guanidine groups is 1. The fourth-order valence-electron chi connectivity index (χ4n) is 4.20. The summed E-state index contributed by atoms with van der Waals surface area (Å²) in [6.45, 7) is 1.77. The second-order valence-corrected chi connectivity index (χ2v) is 7.86. The van der Waals surface area contributed by atoms with Crippen molar-refractivity contribution in [1.82, 2.24) is 20.2 Å². The van der Waals surface area contributed by atoms with Crippen LogP contribution in [0.25, 0.3) is 11.3 Å². The minimum absolute atomic E-state index is 0.544. The van der Waals surface area contributed by atoms with Gasteiger partial charge in [-0.3, -0.25) is 4.99 Å². The van der Waals surface area contributed by atoms with E-state index >= 15 is 0 Å². The number of aliphatic imine (C=N–C) groups is 1. The van der Waals surface area contributed by atoms with Crippen molar-refractivity contribution in [2.75, 3.05) is 20.6 Å². The van der Waals surface area contributed by atoms with Gasteiger partial charge in [-0.05, 0) is 42.6 Å². The van der Waals surface area contributed by atoms with Crippen LogP contribution in [0.2, 0.25) is 0 Å². The predicted octanol–water partition coefficient (Wildman–Crippen LogP) is 3.66. The van der Waals surface area contributed by atoms with Gasteiger partial charge in [-0.2, -0.15) is 0 Å². The predicted molar refractivity (Wildman–Crippen MR) is 106 cm³/mol. The Bertz CT molecular complexity index is 756. The highest BCUT2D eigenvalue weighted by molar-refractivity contribution is 5.79. The van der Waals surface area contributed by atoms with E-state index in [2.05, 4.69) is 44.4 Å². The van der Waals surface area contributed by atoms with Gasteiger partial charge in [0.25, 0.3) is 0 Å². The van der Waals surface area contributed by atoms with Gasteiger partial charge in [0.15, 0.2) is 5.96 Å².